The summed E-state index contributed by atoms with van der Waals surface area (Å²) in [6.07, 6.45) is 5.55. The molecule has 2 aromatic carbocycles. The Morgan fingerprint density at radius 3 is 2.53 bits per heavy atom. The van der Waals surface area contributed by atoms with Gasteiger partial charge < -0.3 is 11.3 Å². The van der Waals surface area contributed by atoms with Gasteiger partial charge in [0.25, 0.3) is 10.0 Å². The second kappa shape index (κ2) is 12.8. The molecule has 0 amide bonds. The van der Waals surface area contributed by atoms with Gasteiger partial charge in [-0.05, 0) is 85.1 Å². The molecular weight excluding hydrogens is 531 g/mol. The Bertz CT molecular complexity index is 1450. The summed E-state index contributed by atoms with van der Waals surface area (Å²) in [4.78, 5) is 15.1. The molecule has 0 radical (unpaired) electrons. The van der Waals surface area contributed by atoms with Crippen molar-refractivity contribution >= 4 is 39.1 Å². The van der Waals surface area contributed by atoms with E-state index in [1.165, 1.54) is 9.87 Å². The number of aliphatic carboxylic acids is 1. The molecule has 1 aromatic heterocycles. The SMILES string of the molecule is Cc1csc(S(=O)(=O)N(CC(C)C)c2cc3c(cc2OCc2ccc(/C=C/C(=O)O)cc2C)CCC3)n1.[H-].[Na+]. The van der Waals surface area contributed by atoms with Crippen LogP contribution < -0.4 is 38.6 Å². The minimum atomic E-state index is -3.87. The summed E-state index contributed by atoms with van der Waals surface area (Å²) in [5.41, 5.74) is 6.25. The van der Waals surface area contributed by atoms with E-state index in [4.69, 9.17) is 9.84 Å². The molecule has 1 heterocycles. The number of aryl methyl sites for hydroxylation is 4. The standard InChI is InChI=1S/C28H32N2O5S2.Na.H/c1-18(2)15-30(37(33,34)28-29-20(4)17-36-28)25-13-22-6-5-7-23(22)14-26(25)35-16-24-10-8-21(12-19(24)3)9-11-27(31)32;;/h8-14,17-18H,5-7,15-16H2,1-4H3,(H,31,32);;/q;+1;-1/b11-9+;;. The zero-order valence-corrected chi connectivity index (χ0v) is 26.2. The number of carbonyl (C=O) groups is 1. The molecule has 1 N–H and O–H groups in total. The van der Waals surface area contributed by atoms with Crippen LogP contribution in [0.2, 0.25) is 0 Å². The fourth-order valence-corrected chi connectivity index (χ4v) is 7.17. The third kappa shape index (κ3) is 7.07. The number of sulfonamides is 1. The predicted molar refractivity (Wildman–Crippen MR) is 148 cm³/mol. The quantitative estimate of drug-likeness (QED) is 0.301. The number of ether oxygens (including phenoxy) is 1. The van der Waals surface area contributed by atoms with E-state index in [1.54, 1.807) is 18.4 Å². The van der Waals surface area contributed by atoms with Gasteiger partial charge in [0, 0.05) is 23.7 Å². The zero-order valence-electron chi connectivity index (χ0n) is 23.5. The van der Waals surface area contributed by atoms with E-state index in [9.17, 15) is 13.2 Å². The van der Waals surface area contributed by atoms with Crippen molar-refractivity contribution in [1.82, 2.24) is 4.98 Å². The summed E-state index contributed by atoms with van der Waals surface area (Å²) in [7, 11) is -3.87. The number of hydrogen-bond donors (Lipinski definition) is 1. The fourth-order valence-electron chi connectivity index (χ4n) is 4.41. The maximum atomic E-state index is 13.8. The first-order chi connectivity index (χ1) is 17.5. The molecule has 0 aliphatic heterocycles. The zero-order chi connectivity index (χ0) is 26.7. The van der Waals surface area contributed by atoms with Crippen molar-refractivity contribution in [1.29, 1.82) is 0 Å². The number of hydrogen-bond acceptors (Lipinski definition) is 6. The van der Waals surface area contributed by atoms with Gasteiger partial charge in [-0.1, -0.05) is 32.0 Å². The van der Waals surface area contributed by atoms with Gasteiger partial charge in [0.1, 0.15) is 12.4 Å². The van der Waals surface area contributed by atoms with Crippen molar-refractivity contribution in [2.45, 2.75) is 57.9 Å². The average molecular weight is 565 g/mol. The van der Waals surface area contributed by atoms with E-state index in [0.717, 1.165) is 58.9 Å². The molecule has 4 rings (SSSR count). The van der Waals surface area contributed by atoms with Crippen LogP contribution in [0.4, 0.5) is 5.69 Å². The third-order valence-corrected chi connectivity index (χ3v) is 9.38. The molecule has 7 nitrogen and oxygen atoms in total. The normalized spacial score (nSPS) is 13.0. The Morgan fingerprint density at radius 2 is 1.92 bits per heavy atom. The van der Waals surface area contributed by atoms with Crippen molar-refractivity contribution in [2.24, 2.45) is 5.92 Å². The second-order valence-electron chi connectivity index (χ2n) is 9.77. The Labute approximate surface area is 252 Å². The summed E-state index contributed by atoms with van der Waals surface area (Å²) in [6.45, 7) is 8.28. The van der Waals surface area contributed by atoms with Crippen LogP contribution in [0.25, 0.3) is 6.08 Å². The Balaban J connectivity index is 0.00000267. The number of rotatable bonds is 10. The molecule has 1 aliphatic carbocycles. The molecule has 38 heavy (non-hydrogen) atoms. The maximum absolute atomic E-state index is 13.8. The summed E-state index contributed by atoms with van der Waals surface area (Å²) in [6, 6.07) is 9.62. The number of anilines is 1. The first-order valence-corrected chi connectivity index (χ1v) is 14.6. The van der Waals surface area contributed by atoms with Crippen molar-refractivity contribution in [3.05, 3.63) is 75.3 Å². The Kier molecular flexibility index (Phi) is 10.2. The molecule has 0 unspecified atom stereocenters. The van der Waals surface area contributed by atoms with Crippen molar-refractivity contribution in [2.75, 3.05) is 10.8 Å². The predicted octanol–water partition coefficient (Wildman–Crippen LogP) is 2.89. The summed E-state index contributed by atoms with van der Waals surface area (Å²) in [5.74, 6) is -0.374. The molecule has 3 aromatic rings. The van der Waals surface area contributed by atoms with E-state index in [0.29, 0.717) is 23.7 Å². The smallest absolute Gasteiger partial charge is 1.00 e. The first kappa shape index (κ1) is 30.4. The van der Waals surface area contributed by atoms with Gasteiger partial charge in [-0.2, -0.15) is 8.42 Å². The molecule has 1 aliphatic rings. The fraction of sp³-hybridized carbons (Fsp3) is 0.357. The van der Waals surface area contributed by atoms with Crippen LogP contribution in [0.5, 0.6) is 5.75 Å². The molecule has 198 valence electrons. The van der Waals surface area contributed by atoms with Gasteiger partial charge in [-0.25, -0.2) is 9.78 Å². The third-order valence-electron chi connectivity index (χ3n) is 6.25. The van der Waals surface area contributed by atoms with E-state index in [-0.39, 0.29) is 47.8 Å². The van der Waals surface area contributed by atoms with Crippen LogP contribution in [-0.2, 0) is 34.3 Å². The van der Waals surface area contributed by atoms with E-state index in [2.05, 4.69) is 4.98 Å². The molecular formula is C28H33N2NaO5S2. The number of thiazole rings is 1. The van der Waals surface area contributed by atoms with Gasteiger partial charge in [0.05, 0.1) is 5.69 Å². The van der Waals surface area contributed by atoms with Crippen LogP contribution in [0.1, 0.15) is 55.2 Å². The van der Waals surface area contributed by atoms with Crippen molar-refractivity contribution < 1.29 is 54.0 Å². The maximum Gasteiger partial charge on any atom is 1.00 e. The molecule has 0 spiro atoms. The van der Waals surface area contributed by atoms with Gasteiger partial charge in [0.2, 0.25) is 4.34 Å². The molecule has 0 bridgehead atoms. The van der Waals surface area contributed by atoms with Crippen LogP contribution in [0, 0.1) is 19.8 Å². The minimum absolute atomic E-state index is 0. The minimum Gasteiger partial charge on any atom is -1.00 e. The number of fused-ring (bicyclic) bond motifs is 1. The Hall–Kier alpha value is -2.17. The summed E-state index contributed by atoms with van der Waals surface area (Å²) >= 11 is 1.13. The summed E-state index contributed by atoms with van der Waals surface area (Å²) in [5, 5.41) is 10.6. The Morgan fingerprint density at radius 1 is 1.21 bits per heavy atom. The van der Waals surface area contributed by atoms with Crippen LogP contribution >= 0.6 is 11.3 Å². The first-order valence-electron chi connectivity index (χ1n) is 12.3. The van der Waals surface area contributed by atoms with Gasteiger partial charge >= 0.3 is 35.5 Å². The van der Waals surface area contributed by atoms with Gasteiger partial charge in [-0.3, -0.25) is 4.31 Å². The largest absolute Gasteiger partial charge is 1.00 e. The molecule has 0 atom stereocenters. The van der Waals surface area contributed by atoms with Crippen LogP contribution in [0.15, 0.2) is 46.1 Å². The second-order valence-corrected chi connectivity index (χ2v) is 12.7. The molecule has 0 fully saturated rings. The van der Waals surface area contributed by atoms with Gasteiger partial charge in [-0.15, -0.1) is 11.3 Å². The number of benzene rings is 2. The van der Waals surface area contributed by atoms with Gasteiger partial charge in [0.15, 0.2) is 0 Å². The van der Waals surface area contributed by atoms with E-state index < -0.39 is 16.0 Å². The number of carboxylic acids is 1. The number of nitrogens with zero attached hydrogens (tertiary/aromatic N) is 2. The monoisotopic (exact) mass is 564 g/mol. The van der Waals surface area contributed by atoms with Crippen molar-refractivity contribution in [3.8, 4) is 5.75 Å². The average Bonchev–Trinajstić information content (AvgIpc) is 3.48. The molecule has 0 saturated heterocycles. The van der Waals surface area contributed by atoms with E-state index >= 15 is 0 Å². The topological polar surface area (TPSA) is 96.8 Å². The van der Waals surface area contributed by atoms with Crippen LogP contribution in [0.3, 0.4) is 0 Å². The molecule has 0 saturated carbocycles. The molecule has 10 heteroatoms. The number of carboxylic acid groups (broad SMARTS) is 1. The summed E-state index contributed by atoms with van der Waals surface area (Å²) < 4.78 is 35.4. The van der Waals surface area contributed by atoms with Crippen molar-refractivity contribution in [3.63, 3.8) is 0 Å². The van der Waals surface area contributed by atoms with E-state index in [1.807, 2.05) is 51.1 Å². The van der Waals surface area contributed by atoms with Crippen LogP contribution in [-0.4, -0.2) is 31.0 Å². The number of aromatic nitrogens is 1.